The third-order valence-corrected chi connectivity index (χ3v) is 3.31. The molecule has 0 aromatic heterocycles. The number of likely N-dealkylation sites (tertiary alicyclic amines) is 1. The molecule has 0 saturated carbocycles. The Morgan fingerprint density at radius 1 is 1.00 bits per heavy atom. The average Bonchev–Trinajstić information content (AvgIpc) is 2.13. The van der Waals surface area contributed by atoms with E-state index in [9.17, 15) is 0 Å². The smallest absolute Gasteiger partial charge is 0.0297 e. The zero-order valence-corrected chi connectivity index (χ0v) is 9.15. The first-order valence-electron chi connectivity index (χ1n) is 5.63. The van der Waals surface area contributed by atoms with Crippen LogP contribution in [0.1, 0.15) is 0 Å². The van der Waals surface area contributed by atoms with Crippen molar-refractivity contribution in [2.75, 3.05) is 59.4 Å². The van der Waals surface area contributed by atoms with E-state index >= 15 is 0 Å². The fourth-order valence-corrected chi connectivity index (χ4v) is 2.15. The first-order valence-corrected chi connectivity index (χ1v) is 5.63. The molecule has 0 aromatic carbocycles. The molecule has 2 aliphatic rings. The van der Waals surface area contributed by atoms with Crippen LogP contribution >= 0.6 is 0 Å². The maximum atomic E-state index is 5.73. The Balaban J connectivity index is 1.57. The molecule has 0 bridgehead atoms. The third kappa shape index (κ3) is 2.67. The highest BCUT2D eigenvalue weighted by molar-refractivity contribution is 4.83. The van der Waals surface area contributed by atoms with Crippen LogP contribution in [0.5, 0.6) is 0 Å². The topological polar surface area (TPSA) is 35.7 Å². The summed E-state index contributed by atoms with van der Waals surface area (Å²) in [6.45, 7) is 9.55. The Hall–Kier alpha value is -0.160. The van der Waals surface area contributed by atoms with Crippen LogP contribution in [0.25, 0.3) is 0 Å². The summed E-state index contributed by atoms with van der Waals surface area (Å²) in [5.41, 5.74) is 5.73. The second-order valence-corrected chi connectivity index (χ2v) is 4.66. The molecule has 0 aromatic rings. The molecule has 0 atom stereocenters. The van der Waals surface area contributed by atoms with Gasteiger partial charge in [0.15, 0.2) is 0 Å². The molecule has 0 radical (unpaired) electrons. The lowest BCUT2D eigenvalue weighted by atomic mass is 10.1. The molecule has 0 amide bonds. The fourth-order valence-electron chi connectivity index (χ4n) is 2.15. The minimum atomic E-state index is 0.447. The molecule has 0 unspecified atom stereocenters. The lowest BCUT2D eigenvalue weighted by Crippen LogP contribution is -2.57. The van der Waals surface area contributed by atoms with Crippen LogP contribution in [0, 0.1) is 0 Å². The number of nitrogens with two attached hydrogens (primary N) is 1. The average molecular weight is 198 g/mol. The zero-order chi connectivity index (χ0) is 9.97. The Bertz CT molecular complexity index is 171. The van der Waals surface area contributed by atoms with Gasteiger partial charge in [-0.15, -0.1) is 0 Å². The molecule has 2 fully saturated rings. The molecule has 4 heteroatoms. The van der Waals surface area contributed by atoms with Gasteiger partial charge < -0.3 is 10.6 Å². The Kier molecular flexibility index (Phi) is 3.38. The van der Waals surface area contributed by atoms with Crippen molar-refractivity contribution in [1.82, 2.24) is 14.7 Å². The summed E-state index contributed by atoms with van der Waals surface area (Å²) in [4.78, 5) is 7.41. The van der Waals surface area contributed by atoms with Crippen molar-refractivity contribution in [3.05, 3.63) is 0 Å². The maximum Gasteiger partial charge on any atom is 0.0297 e. The van der Waals surface area contributed by atoms with Gasteiger partial charge >= 0.3 is 0 Å². The van der Waals surface area contributed by atoms with Crippen molar-refractivity contribution in [2.45, 2.75) is 6.04 Å². The first-order chi connectivity index (χ1) is 6.74. The van der Waals surface area contributed by atoms with Crippen LogP contribution < -0.4 is 5.73 Å². The molecule has 2 N–H and O–H groups in total. The van der Waals surface area contributed by atoms with Crippen LogP contribution in [0.3, 0.4) is 0 Å². The quantitative estimate of drug-likeness (QED) is 0.623. The van der Waals surface area contributed by atoms with E-state index < -0.39 is 0 Å². The van der Waals surface area contributed by atoms with Crippen molar-refractivity contribution in [1.29, 1.82) is 0 Å². The molecule has 2 rings (SSSR count). The number of nitrogens with zero attached hydrogens (tertiary/aromatic N) is 3. The highest BCUT2D eigenvalue weighted by atomic mass is 15.3. The van der Waals surface area contributed by atoms with Gasteiger partial charge in [0, 0.05) is 58.4 Å². The van der Waals surface area contributed by atoms with E-state index in [2.05, 4.69) is 21.7 Å². The molecular formula is C10H22N4. The zero-order valence-electron chi connectivity index (χ0n) is 9.15. The summed E-state index contributed by atoms with van der Waals surface area (Å²) in [7, 11) is 2.20. The normalized spacial score (nSPS) is 27.9. The molecule has 82 valence electrons. The minimum absolute atomic E-state index is 0.447. The van der Waals surface area contributed by atoms with Crippen molar-refractivity contribution < 1.29 is 0 Å². The van der Waals surface area contributed by atoms with E-state index in [-0.39, 0.29) is 0 Å². The molecular weight excluding hydrogens is 176 g/mol. The largest absolute Gasteiger partial charge is 0.325 e. The van der Waals surface area contributed by atoms with Gasteiger partial charge in [-0.2, -0.15) is 0 Å². The molecule has 0 aliphatic carbocycles. The van der Waals surface area contributed by atoms with Crippen LogP contribution in [0.2, 0.25) is 0 Å². The number of likely N-dealkylation sites (N-methyl/N-ethyl adjacent to an activating group) is 1. The second-order valence-electron chi connectivity index (χ2n) is 4.66. The van der Waals surface area contributed by atoms with Gasteiger partial charge in [-0.05, 0) is 7.05 Å². The summed E-state index contributed by atoms with van der Waals surface area (Å²) in [5, 5.41) is 0. The highest BCUT2D eigenvalue weighted by Gasteiger charge is 2.23. The van der Waals surface area contributed by atoms with Gasteiger partial charge in [-0.1, -0.05) is 0 Å². The molecule has 0 spiro atoms. The maximum absolute atomic E-state index is 5.73. The minimum Gasteiger partial charge on any atom is -0.325 e. The van der Waals surface area contributed by atoms with Crippen molar-refractivity contribution in [3.8, 4) is 0 Å². The van der Waals surface area contributed by atoms with E-state index in [1.54, 1.807) is 0 Å². The SMILES string of the molecule is CN1CCN(CCN2CC(N)C2)CC1. The number of piperazine rings is 1. The van der Waals surface area contributed by atoms with Crippen LogP contribution in [-0.2, 0) is 0 Å². The third-order valence-electron chi connectivity index (χ3n) is 3.31. The Labute approximate surface area is 86.6 Å². The van der Waals surface area contributed by atoms with Gasteiger partial charge in [0.05, 0.1) is 0 Å². The summed E-state index contributed by atoms with van der Waals surface area (Å²) in [6, 6.07) is 0.447. The highest BCUT2D eigenvalue weighted by Crippen LogP contribution is 2.05. The van der Waals surface area contributed by atoms with Gasteiger partial charge in [-0.3, -0.25) is 9.80 Å². The number of hydrogen-bond donors (Lipinski definition) is 1. The summed E-state index contributed by atoms with van der Waals surface area (Å²) >= 11 is 0. The number of hydrogen-bond acceptors (Lipinski definition) is 4. The summed E-state index contributed by atoms with van der Waals surface area (Å²) in [6.07, 6.45) is 0. The molecule has 14 heavy (non-hydrogen) atoms. The lowest BCUT2D eigenvalue weighted by Gasteiger charge is -2.39. The Morgan fingerprint density at radius 3 is 2.14 bits per heavy atom. The van der Waals surface area contributed by atoms with Gasteiger partial charge in [-0.25, -0.2) is 0 Å². The van der Waals surface area contributed by atoms with Crippen molar-refractivity contribution >= 4 is 0 Å². The molecule has 4 nitrogen and oxygen atoms in total. The lowest BCUT2D eigenvalue weighted by molar-refractivity contribution is 0.102. The van der Waals surface area contributed by atoms with Gasteiger partial charge in [0.25, 0.3) is 0 Å². The van der Waals surface area contributed by atoms with Crippen LogP contribution in [0.4, 0.5) is 0 Å². The second kappa shape index (κ2) is 4.57. The molecule has 2 saturated heterocycles. The van der Waals surface area contributed by atoms with E-state index in [0.717, 1.165) is 13.1 Å². The summed E-state index contributed by atoms with van der Waals surface area (Å²) < 4.78 is 0. The molecule has 2 heterocycles. The first kappa shape index (κ1) is 10.4. The number of rotatable bonds is 3. The van der Waals surface area contributed by atoms with Gasteiger partial charge in [0.2, 0.25) is 0 Å². The van der Waals surface area contributed by atoms with E-state index in [1.807, 2.05) is 0 Å². The Morgan fingerprint density at radius 2 is 1.57 bits per heavy atom. The van der Waals surface area contributed by atoms with Gasteiger partial charge in [0.1, 0.15) is 0 Å². The fraction of sp³-hybridized carbons (Fsp3) is 1.00. The van der Waals surface area contributed by atoms with Crippen LogP contribution in [0.15, 0.2) is 0 Å². The predicted octanol–water partition coefficient (Wildman–Crippen LogP) is -1.12. The van der Waals surface area contributed by atoms with E-state index in [0.29, 0.717) is 6.04 Å². The van der Waals surface area contributed by atoms with Crippen molar-refractivity contribution in [3.63, 3.8) is 0 Å². The standard InChI is InChI=1S/C10H22N4/c1-12-2-4-13(5-3-12)6-7-14-8-10(11)9-14/h10H,2-9,11H2,1H3. The molecule has 2 aliphatic heterocycles. The van der Waals surface area contributed by atoms with Crippen molar-refractivity contribution in [2.24, 2.45) is 5.73 Å². The van der Waals surface area contributed by atoms with E-state index in [1.165, 1.54) is 39.3 Å². The summed E-state index contributed by atoms with van der Waals surface area (Å²) in [5.74, 6) is 0. The monoisotopic (exact) mass is 198 g/mol. The predicted molar refractivity (Wildman–Crippen MR) is 58.4 cm³/mol. The van der Waals surface area contributed by atoms with E-state index in [4.69, 9.17) is 5.73 Å². The van der Waals surface area contributed by atoms with Crippen LogP contribution in [-0.4, -0.2) is 80.1 Å².